The van der Waals surface area contributed by atoms with Crippen LogP contribution in [-0.4, -0.2) is 17.6 Å². The molecule has 1 aliphatic heterocycles. The minimum absolute atomic E-state index is 0.0109. The number of guanidine groups is 1. The van der Waals surface area contributed by atoms with Crippen LogP contribution in [0.4, 0.5) is 5.69 Å². The standard InChI is InChI=1S/C15H14ClN3O/c16-11-4-6-12(7-5-11)19-14(9-18-15(19)17)10-2-1-3-13(20)8-10/h1-8,14,20H,9H2,(H2,17,18). The number of rotatable bonds is 2. The Kier molecular flexibility index (Phi) is 3.24. The molecular formula is C15H14ClN3O. The fourth-order valence-electron chi connectivity index (χ4n) is 2.40. The third kappa shape index (κ3) is 2.30. The summed E-state index contributed by atoms with van der Waals surface area (Å²) < 4.78 is 0. The quantitative estimate of drug-likeness (QED) is 0.893. The lowest BCUT2D eigenvalue weighted by atomic mass is 10.1. The molecule has 2 aromatic rings. The summed E-state index contributed by atoms with van der Waals surface area (Å²) in [5, 5.41) is 10.3. The smallest absolute Gasteiger partial charge is 0.196 e. The molecule has 4 nitrogen and oxygen atoms in total. The number of phenols is 1. The molecular weight excluding hydrogens is 274 g/mol. The van der Waals surface area contributed by atoms with E-state index in [-0.39, 0.29) is 11.8 Å². The first kappa shape index (κ1) is 12.8. The van der Waals surface area contributed by atoms with Crippen LogP contribution in [0, 0.1) is 0 Å². The second kappa shape index (κ2) is 5.06. The number of nitrogens with two attached hydrogens (primary N) is 1. The number of anilines is 1. The first-order valence-electron chi connectivity index (χ1n) is 6.29. The van der Waals surface area contributed by atoms with E-state index < -0.39 is 0 Å². The Morgan fingerprint density at radius 2 is 1.95 bits per heavy atom. The molecule has 20 heavy (non-hydrogen) atoms. The summed E-state index contributed by atoms with van der Waals surface area (Å²) >= 11 is 5.92. The summed E-state index contributed by atoms with van der Waals surface area (Å²) in [5.41, 5.74) is 7.90. The SMILES string of the molecule is NC1=NCC(c2cccc(O)c2)N1c1ccc(Cl)cc1. The molecule has 0 radical (unpaired) electrons. The van der Waals surface area contributed by atoms with Gasteiger partial charge in [-0.15, -0.1) is 0 Å². The van der Waals surface area contributed by atoms with Crippen molar-refractivity contribution in [2.75, 3.05) is 11.4 Å². The van der Waals surface area contributed by atoms with Gasteiger partial charge in [0.2, 0.25) is 0 Å². The molecule has 0 aliphatic carbocycles. The molecule has 0 saturated heterocycles. The van der Waals surface area contributed by atoms with Crippen molar-refractivity contribution in [3.05, 3.63) is 59.1 Å². The predicted octanol–water partition coefficient (Wildman–Crippen LogP) is 2.92. The Hall–Kier alpha value is -2.20. The molecule has 3 N–H and O–H groups in total. The van der Waals surface area contributed by atoms with Gasteiger partial charge in [-0.25, -0.2) is 0 Å². The minimum Gasteiger partial charge on any atom is -0.508 e. The summed E-state index contributed by atoms with van der Waals surface area (Å²) in [5.74, 6) is 0.713. The van der Waals surface area contributed by atoms with E-state index >= 15 is 0 Å². The summed E-state index contributed by atoms with van der Waals surface area (Å²) in [6.45, 7) is 0.567. The largest absolute Gasteiger partial charge is 0.508 e. The zero-order valence-corrected chi connectivity index (χ0v) is 11.5. The van der Waals surface area contributed by atoms with Crippen LogP contribution in [0.3, 0.4) is 0 Å². The molecule has 1 atom stereocenters. The first-order chi connectivity index (χ1) is 9.65. The van der Waals surface area contributed by atoms with Crippen LogP contribution in [0.1, 0.15) is 11.6 Å². The average molecular weight is 288 g/mol. The van der Waals surface area contributed by atoms with E-state index in [2.05, 4.69) is 4.99 Å². The number of benzene rings is 2. The zero-order valence-electron chi connectivity index (χ0n) is 10.7. The van der Waals surface area contributed by atoms with Crippen molar-refractivity contribution in [1.82, 2.24) is 0 Å². The van der Waals surface area contributed by atoms with E-state index in [4.69, 9.17) is 17.3 Å². The third-order valence-corrected chi connectivity index (χ3v) is 3.60. The van der Waals surface area contributed by atoms with Crippen LogP contribution in [0.15, 0.2) is 53.5 Å². The van der Waals surface area contributed by atoms with Crippen molar-refractivity contribution in [3.63, 3.8) is 0 Å². The Labute approximate surface area is 122 Å². The highest BCUT2D eigenvalue weighted by atomic mass is 35.5. The Morgan fingerprint density at radius 1 is 1.20 bits per heavy atom. The van der Waals surface area contributed by atoms with Crippen LogP contribution in [0.2, 0.25) is 5.02 Å². The Morgan fingerprint density at radius 3 is 2.65 bits per heavy atom. The normalized spacial score (nSPS) is 18.1. The van der Waals surface area contributed by atoms with Crippen LogP contribution in [-0.2, 0) is 0 Å². The van der Waals surface area contributed by atoms with Gasteiger partial charge in [0.15, 0.2) is 5.96 Å². The lowest BCUT2D eigenvalue weighted by molar-refractivity contribution is 0.474. The minimum atomic E-state index is -0.0109. The van der Waals surface area contributed by atoms with E-state index in [1.165, 1.54) is 0 Å². The van der Waals surface area contributed by atoms with Crippen molar-refractivity contribution >= 4 is 23.2 Å². The van der Waals surface area contributed by atoms with E-state index in [0.717, 1.165) is 11.3 Å². The molecule has 0 saturated carbocycles. The number of halogens is 1. The Balaban J connectivity index is 1.98. The van der Waals surface area contributed by atoms with Crippen molar-refractivity contribution < 1.29 is 5.11 Å². The molecule has 1 heterocycles. The molecule has 0 bridgehead atoms. The van der Waals surface area contributed by atoms with Crippen molar-refractivity contribution in [2.24, 2.45) is 10.7 Å². The van der Waals surface area contributed by atoms with Gasteiger partial charge < -0.3 is 15.7 Å². The molecule has 0 spiro atoms. The predicted molar refractivity (Wildman–Crippen MR) is 81.3 cm³/mol. The van der Waals surface area contributed by atoms with Gasteiger partial charge >= 0.3 is 0 Å². The van der Waals surface area contributed by atoms with E-state index in [1.807, 2.05) is 41.3 Å². The van der Waals surface area contributed by atoms with Crippen LogP contribution >= 0.6 is 11.6 Å². The number of nitrogens with zero attached hydrogens (tertiary/aromatic N) is 2. The summed E-state index contributed by atoms with van der Waals surface area (Å²) in [6, 6.07) is 14.6. The maximum absolute atomic E-state index is 9.63. The fourth-order valence-corrected chi connectivity index (χ4v) is 2.52. The van der Waals surface area contributed by atoms with E-state index in [1.54, 1.807) is 12.1 Å². The van der Waals surface area contributed by atoms with Crippen molar-refractivity contribution in [2.45, 2.75) is 6.04 Å². The lowest BCUT2D eigenvalue weighted by Crippen LogP contribution is -2.36. The number of hydrogen-bond donors (Lipinski definition) is 2. The molecule has 102 valence electrons. The molecule has 1 unspecified atom stereocenters. The van der Waals surface area contributed by atoms with Gasteiger partial charge in [-0.3, -0.25) is 4.99 Å². The van der Waals surface area contributed by atoms with Gasteiger partial charge in [-0.1, -0.05) is 23.7 Å². The van der Waals surface area contributed by atoms with Crippen LogP contribution < -0.4 is 10.6 Å². The molecule has 1 aliphatic rings. The molecule has 2 aromatic carbocycles. The second-order valence-corrected chi connectivity index (χ2v) is 5.09. The monoisotopic (exact) mass is 287 g/mol. The van der Waals surface area contributed by atoms with Gasteiger partial charge in [0.1, 0.15) is 5.75 Å². The fraction of sp³-hybridized carbons (Fsp3) is 0.133. The summed E-state index contributed by atoms with van der Waals surface area (Å²) in [4.78, 5) is 6.26. The third-order valence-electron chi connectivity index (χ3n) is 3.34. The van der Waals surface area contributed by atoms with Gasteiger partial charge in [-0.05, 0) is 42.0 Å². The number of hydrogen-bond acceptors (Lipinski definition) is 4. The molecule has 0 aromatic heterocycles. The molecule has 0 amide bonds. The molecule has 3 rings (SSSR count). The maximum Gasteiger partial charge on any atom is 0.196 e. The van der Waals surface area contributed by atoms with Gasteiger partial charge in [0, 0.05) is 10.7 Å². The van der Waals surface area contributed by atoms with Gasteiger partial charge in [0.25, 0.3) is 0 Å². The van der Waals surface area contributed by atoms with Crippen molar-refractivity contribution in [3.8, 4) is 5.75 Å². The van der Waals surface area contributed by atoms with Gasteiger partial charge in [-0.2, -0.15) is 0 Å². The number of phenolic OH excluding ortho intramolecular Hbond substituents is 1. The Bertz CT molecular complexity index is 654. The second-order valence-electron chi connectivity index (χ2n) is 4.66. The molecule has 5 heteroatoms. The highest BCUT2D eigenvalue weighted by molar-refractivity contribution is 6.30. The number of aliphatic imine (C=N–C) groups is 1. The summed E-state index contributed by atoms with van der Waals surface area (Å²) in [7, 11) is 0. The maximum atomic E-state index is 9.63. The highest BCUT2D eigenvalue weighted by Gasteiger charge is 2.28. The topological polar surface area (TPSA) is 61.9 Å². The van der Waals surface area contributed by atoms with E-state index in [0.29, 0.717) is 17.5 Å². The van der Waals surface area contributed by atoms with Crippen LogP contribution in [0.25, 0.3) is 0 Å². The first-order valence-corrected chi connectivity index (χ1v) is 6.66. The van der Waals surface area contributed by atoms with Crippen LogP contribution in [0.5, 0.6) is 5.75 Å². The average Bonchev–Trinajstić information content (AvgIpc) is 2.82. The number of aromatic hydroxyl groups is 1. The van der Waals surface area contributed by atoms with Crippen molar-refractivity contribution in [1.29, 1.82) is 0 Å². The lowest BCUT2D eigenvalue weighted by Gasteiger charge is -2.26. The summed E-state index contributed by atoms with van der Waals surface area (Å²) in [6.07, 6.45) is 0. The zero-order chi connectivity index (χ0) is 14.1. The highest BCUT2D eigenvalue weighted by Crippen LogP contribution is 2.32. The molecule has 0 fully saturated rings. The van der Waals surface area contributed by atoms with E-state index in [9.17, 15) is 5.11 Å². The van der Waals surface area contributed by atoms with Gasteiger partial charge in [0.05, 0.1) is 12.6 Å².